The van der Waals surface area contributed by atoms with Crippen LogP contribution in [-0.4, -0.2) is 27.7 Å². The van der Waals surface area contributed by atoms with Gasteiger partial charge in [0.1, 0.15) is 18.2 Å². The first-order chi connectivity index (χ1) is 9.29. The average molecular weight is 256 g/mol. The van der Waals surface area contributed by atoms with Crippen molar-refractivity contribution in [1.82, 2.24) is 14.5 Å². The van der Waals surface area contributed by atoms with E-state index in [1.807, 2.05) is 23.8 Å². The normalized spacial score (nSPS) is 9.79. The van der Waals surface area contributed by atoms with Gasteiger partial charge in [0.25, 0.3) is 0 Å². The van der Waals surface area contributed by atoms with E-state index in [1.54, 1.807) is 18.6 Å². The maximum atomic E-state index is 5.64. The van der Waals surface area contributed by atoms with Crippen molar-refractivity contribution in [3.8, 4) is 17.6 Å². The fraction of sp³-hybridized carbons (Fsp3) is 0.286. The fourth-order valence-corrected chi connectivity index (χ4v) is 1.62. The molecule has 0 bridgehead atoms. The number of ether oxygens (including phenoxy) is 1. The Balaban J connectivity index is 1.91. The number of pyridine rings is 1. The molecule has 19 heavy (non-hydrogen) atoms. The lowest BCUT2D eigenvalue weighted by molar-refractivity contribution is 0.296. The summed E-state index contributed by atoms with van der Waals surface area (Å²) in [6, 6.07) is 1.86. The number of hydrogen-bond acceptors (Lipinski definition) is 4. The van der Waals surface area contributed by atoms with Gasteiger partial charge in [-0.25, -0.2) is 4.98 Å². The van der Waals surface area contributed by atoms with E-state index < -0.39 is 0 Å². The number of nitrogens with two attached hydrogens (primary N) is 1. The van der Waals surface area contributed by atoms with Crippen LogP contribution in [0.15, 0.2) is 30.9 Å². The summed E-state index contributed by atoms with van der Waals surface area (Å²) in [4.78, 5) is 8.24. The molecule has 0 aliphatic rings. The monoisotopic (exact) mass is 256 g/mol. The molecule has 0 aliphatic carbocycles. The summed E-state index contributed by atoms with van der Waals surface area (Å²) in [6.45, 7) is 3.62. The molecule has 0 amide bonds. The lowest BCUT2D eigenvalue weighted by atomic mass is 10.3. The molecular weight excluding hydrogens is 240 g/mol. The minimum absolute atomic E-state index is 0.338. The Morgan fingerprint density at radius 3 is 3.05 bits per heavy atom. The fourth-order valence-electron chi connectivity index (χ4n) is 1.62. The molecule has 0 radical (unpaired) electrons. The predicted molar refractivity (Wildman–Crippen MR) is 72.6 cm³/mol. The standard InChI is InChI=1S/C14H16N4O/c1-12-17-5-6-18(12)7-8-19-14-9-13(3-2-4-15)10-16-11-14/h5-6,9-11H,4,7-8,15H2,1H3. The molecule has 0 saturated carbocycles. The zero-order valence-corrected chi connectivity index (χ0v) is 10.8. The van der Waals surface area contributed by atoms with Crippen molar-refractivity contribution >= 4 is 0 Å². The summed E-state index contributed by atoms with van der Waals surface area (Å²) < 4.78 is 7.68. The van der Waals surface area contributed by atoms with Crippen molar-refractivity contribution in [1.29, 1.82) is 0 Å². The lowest BCUT2D eigenvalue weighted by Crippen LogP contribution is -2.08. The summed E-state index contributed by atoms with van der Waals surface area (Å²) in [7, 11) is 0. The number of aromatic nitrogens is 3. The third-order valence-corrected chi connectivity index (χ3v) is 2.57. The van der Waals surface area contributed by atoms with Crippen molar-refractivity contribution in [2.45, 2.75) is 13.5 Å². The van der Waals surface area contributed by atoms with Crippen LogP contribution in [0.5, 0.6) is 5.75 Å². The molecule has 2 N–H and O–H groups in total. The quantitative estimate of drug-likeness (QED) is 0.828. The van der Waals surface area contributed by atoms with E-state index in [2.05, 4.69) is 21.8 Å². The molecule has 0 atom stereocenters. The minimum atomic E-state index is 0.338. The van der Waals surface area contributed by atoms with Crippen molar-refractivity contribution in [2.24, 2.45) is 5.73 Å². The Hall–Kier alpha value is -2.32. The third-order valence-electron chi connectivity index (χ3n) is 2.57. The van der Waals surface area contributed by atoms with E-state index in [4.69, 9.17) is 10.5 Å². The highest BCUT2D eigenvalue weighted by Crippen LogP contribution is 2.10. The molecular formula is C14H16N4O. The summed E-state index contributed by atoms with van der Waals surface area (Å²) >= 11 is 0. The number of rotatable bonds is 4. The van der Waals surface area contributed by atoms with Gasteiger partial charge < -0.3 is 15.0 Å². The van der Waals surface area contributed by atoms with Gasteiger partial charge in [-0.2, -0.15) is 0 Å². The van der Waals surface area contributed by atoms with Crippen molar-refractivity contribution in [2.75, 3.05) is 13.2 Å². The average Bonchev–Trinajstić information content (AvgIpc) is 2.83. The highest BCUT2D eigenvalue weighted by atomic mass is 16.5. The van der Waals surface area contributed by atoms with Crippen LogP contribution < -0.4 is 10.5 Å². The number of hydrogen-bond donors (Lipinski definition) is 1. The van der Waals surface area contributed by atoms with Crippen LogP contribution in [0.2, 0.25) is 0 Å². The SMILES string of the molecule is Cc1nccn1CCOc1cncc(C#CCN)c1. The Bertz CT molecular complexity index is 595. The summed E-state index contributed by atoms with van der Waals surface area (Å²) in [5.41, 5.74) is 6.14. The van der Waals surface area contributed by atoms with Gasteiger partial charge in [-0.1, -0.05) is 11.8 Å². The van der Waals surface area contributed by atoms with Crippen LogP contribution in [0, 0.1) is 18.8 Å². The molecule has 98 valence electrons. The van der Waals surface area contributed by atoms with Gasteiger partial charge in [-0.3, -0.25) is 4.98 Å². The number of imidazole rings is 1. The second kappa shape index (κ2) is 6.57. The largest absolute Gasteiger partial charge is 0.490 e. The molecule has 2 heterocycles. The highest BCUT2D eigenvalue weighted by Gasteiger charge is 1.99. The van der Waals surface area contributed by atoms with E-state index in [0.717, 1.165) is 17.9 Å². The van der Waals surface area contributed by atoms with Crippen LogP contribution in [0.1, 0.15) is 11.4 Å². The summed E-state index contributed by atoms with van der Waals surface area (Å²) in [5.74, 6) is 7.40. The van der Waals surface area contributed by atoms with Crippen LogP contribution in [0.25, 0.3) is 0 Å². The van der Waals surface area contributed by atoms with Crippen LogP contribution in [-0.2, 0) is 6.54 Å². The molecule has 2 aromatic heterocycles. The Morgan fingerprint density at radius 1 is 1.42 bits per heavy atom. The number of aryl methyl sites for hydroxylation is 1. The second-order valence-corrected chi connectivity index (χ2v) is 3.93. The maximum absolute atomic E-state index is 5.64. The molecule has 5 nitrogen and oxygen atoms in total. The smallest absolute Gasteiger partial charge is 0.138 e. The zero-order chi connectivity index (χ0) is 13.5. The zero-order valence-electron chi connectivity index (χ0n) is 10.8. The Kier molecular flexibility index (Phi) is 4.54. The first kappa shape index (κ1) is 13.1. The van der Waals surface area contributed by atoms with Crippen LogP contribution >= 0.6 is 0 Å². The van der Waals surface area contributed by atoms with Gasteiger partial charge in [-0.15, -0.1) is 0 Å². The third kappa shape index (κ3) is 3.83. The van der Waals surface area contributed by atoms with Crippen molar-refractivity contribution in [3.63, 3.8) is 0 Å². The van der Waals surface area contributed by atoms with Gasteiger partial charge in [-0.05, 0) is 13.0 Å². The maximum Gasteiger partial charge on any atom is 0.138 e. The van der Waals surface area contributed by atoms with Gasteiger partial charge in [0.05, 0.1) is 19.3 Å². The molecule has 0 fully saturated rings. The van der Waals surface area contributed by atoms with Gasteiger partial charge in [0, 0.05) is 24.2 Å². The van der Waals surface area contributed by atoms with Crippen molar-refractivity contribution < 1.29 is 4.74 Å². The molecule has 0 saturated heterocycles. The van der Waals surface area contributed by atoms with Gasteiger partial charge in [0.2, 0.25) is 0 Å². The van der Waals surface area contributed by atoms with Crippen LogP contribution in [0.4, 0.5) is 0 Å². The summed E-state index contributed by atoms with van der Waals surface area (Å²) in [6.07, 6.45) is 7.07. The second-order valence-electron chi connectivity index (χ2n) is 3.93. The van der Waals surface area contributed by atoms with E-state index in [0.29, 0.717) is 18.9 Å². The van der Waals surface area contributed by atoms with Crippen molar-refractivity contribution in [3.05, 3.63) is 42.2 Å². The first-order valence-corrected chi connectivity index (χ1v) is 6.04. The van der Waals surface area contributed by atoms with Gasteiger partial charge in [0.15, 0.2) is 0 Å². The van der Waals surface area contributed by atoms with E-state index >= 15 is 0 Å². The topological polar surface area (TPSA) is 66.0 Å². The summed E-state index contributed by atoms with van der Waals surface area (Å²) in [5, 5.41) is 0. The van der Waals surface area contributed by atoms with Gasteiger partial charge >= 0.3 is 0 Å². The highest BCUT2D eigenvalue weighted by molar-refractivity contribution is 5.36. The predicted octanol–water partition coefficient (Wildman–Crippen LogP) is 0.976. The molecule has 5 heteroatoms. The van der Waals surface area contributed by atoms with E-state index in [1.165, 1.54) is 0 Å². The lowest BCUT2D eigenvalue weighted by Gasteiger charge is -2.07. The molecule has 0 aromatic carbocycles. The first-order valence-electron chi connectivity index (χ1n) is 6.04. The molecule has 2 rings (SSSR count). The molecule has 0 unspecified atom stereocenters. The van der Waals surface area contributed by atoms with Crippen LogP contribution in [0.3, 0.4) is 0 Å². The Labute approximate surface area is 112 Å². The molecule has 2 aromatic rings. The minimum Gasteiger partial charge on any atom is -0.490 e. The molecule has 0 spiro atoms. The number of nitrogens with zero attached hydrogens (tertiary/aromatic N) is 3. The Morgan fingerprint density at radius 2 is 2.32 bits per heavy atom. The van der Waals surface area contributed by atoms with E-state index in [9.17, 15) is 0 Å². The van der Waals surface area contributed by atoms with E-state index in [-0.39, 0.29) is 0 Å². The molecule has 0 aliphatic heterocycles.